The molecule has 4 heterocycles. The number of hydrogen-bond acceptors (Lipinski definition) is 6. The lowest BCUT2D eigenvalue weighted by Gasteiger charge is -2.36. The van der Waals surface area contributed by atoms with Gasteiger partial charge in [0.1, 0.15) is 11.6 Å². The smallest absolute Gasteiger partial charge is 0.246 e. The fourth-order valence-electron chi connectivity index (χ4n) is 8.27. The van der Waals surface area contributed by atoms with Gasteiger partial charge in [-0.05, 0) is 55.6 Å². The number of nitrogens with zero attached hydrogens (tertiary/aromatic N) is 3. The van der Waals surface area contributed by atoms with E-state index in [4.69, 9.17) is 4.74 Å². The molecule has 1 saturated carbocycles. The maximum atomic E-state index is 14.3. The highest BCUT2D eigenvalue weighted by Gasteiger charge is 2.72. The highest BCUT2D eigenvalue weighted by Crippen LogP contribution is 2.55. The van der Waals surface area contributed by atoms with E-state index >= 15 is 0 Å². The number of hydrogen-bond donors (Lipinski definition) is 2. The molecule has 3 saturated heterocycles. The van der Waals surface area contributed by atoms with Crippen LogP contribution in [0.5, 0.6) is 0 Å². The van der Waals surface area contributed by atoms with Crippen LogP contribution >= 0.6 is 15.9 Å². The van der Waals surface area contributed by atoms with Gasteiger partial charge in [-0.25, -0.2) is 0 Å². The summed E-state index contributed by atoms with van der Waals surface area (Å²) in [5.74, 6) is -2.00. The lowest BCUT2D eigenvalue weighted by atomic mass is 9.74. The van der Waals surface area contributed by atoms with Crippen LogP contribution in [-0.4, -0.2) is 95.5 Å². The fourth-order valence-corrected chi connectivity index (χ4v) is 8.54. The first kappa shape index (κ1) is 31.5. The van der Waals surface area contributed by atoms with Crippen molar-refractivity contribution < 1.29 is 19.1 Å². The van der Waals surface area contributed by atoms with Crippen molar-refractivity contribution in [3.63, 3.8) is 0 Å². The maximum Gasteiger partial charge on any atom is 0.246 e. The number of fused-ring (bicyclic) bond motifs is 1. The minimum Gasteiger partial charge on any atom is -0.359 e. The zero-order valence-electron chi connectivity index (χ0n) is 26.3. The number of likely N-dealkylation sites (tertiary alicyclic amines) is 1. The monoisotopic (exact) mass is 689 g/mol. The van der Waals surface area contributed by atoms with Crippen LogP contribution in [0.1, 0.15) is 44.1 Å². The van der Waals surface area contributed by atoms with Crippen LogP contribution in [0.2, 0.25) is 0 Å². The molecule has 244 valence electrons. The number of anilines is 1. The number of ether oxygens (including phenoxy) is 1. The summed E-state index contributed by atoms with van der Waals surface area (Å²) in [5.41, 5.74) is 0.859. The molecular weight excluding hydrogens is 646 g/mol. The quantitative estimate of drug-likeness (QED) is 0.364. The molecule has 5 atom stereocenters. The summed E-state index contributed by atoms with van der Waals surface area (Å²) in [6.07, 6.45) is 9.30. The van der Waals surface area contributed by atoms with Gasteiger partial charge in [-0.2, -0.15) is 0 Å². The Labute approximate surface area is 279 Å². The van der Waals surface area contributed by atoms with Gasteiger partial charge < -0.3 is 25.2 Å². The highest BCUT2D eigenvalue weighted by atomic mass is 79.9. The molecule has 3 amide bonds. The highest BCUT2D eigenvalue weighted by molar-refractivity contribution is 9.10. The van der Waals surface area contributed by atoms with Crippen molar-refractivity contribution in [1.29, 1.82) is 0 Å². The van der Waals surface area contributed by atoms with Crippen LogP contribution in [0.3, 0.4) is 0 Å². The van der Waals surface area contributed by atoms with Gasteiger partial charge in [-0.15, -0.1) is 0 Å². The zero-order chi connectivity index (χ0) is 31.7. The molecule has 4 fully saturated rings. The Balaban J connectivity index is 1.04. The normalized spacial score (nSPS) is 29.7. The summed E-state index contributed by atoms with van der Waals surface area (Å²) >= 11 is 3.44. The number of benzene rings is 2. The maximum absolute atomic E-state index is 14.3. The molecule has 0 aromatic heterocycles. The van der Waals surface area contributed by atoms with Gasteiger partial charge in [-0.1, -0.05) is 77.7 Å². The summed E-state index contributed by atoms with van der Waals surface area (Å²) in [4.78, 5) is 48.8. The summed E-state index contributed by atoms with van der Waals surface area (Å²) in [6, 6.07) is 17.3. The summed E-state index contributed by atoms with van der Waals surface area (Å²) in [5, 5.41) is 6.29. The van der Waals surface area contributed by atoms with E-state index in [9.17, 15) is 14.4 Å². The second-order valence-corrected chi connectivity index (χ2v) is 14.4. The molecule has 0 radical (unpaired) electrons. The van der Waals surface area contributed by atoms with Gasteiger partial charge in [0.25, 0.3) is 0 Å². The Kier molecular flexibility index (Phi) is 9.32. The van der Waals surface area contributed by atoms with E-state index in [1.165, 1.54) is 12.0 Å². The van der Waals surface area contributed by atoms with E-state index in [1.54, 1.807) is 4.90 Å². The largest absolute Gasteiger partial charge is 0.359 e. The molecule has 2 bridgehead atoms. The van der Waals surface area contributed by atoms with Crippen molar-refractivity contribution in [3.8, 4) is 0 Å². The third-order valence-corrected chi connectivity index (χ3v) is 11.1. The van der Waals surface area contributed by atoms with Crippen LogP contribution in [-0.2, 0) is 25.7 Å². The van der Waals surface area contributed by atoms with Gasteiger partial charge in [0.05, 0.1) is 17.9 Å². The van der Waals surface area contributed by atoms with Crippen LogP contribution in [0, 0.1) is 11.8 Å². The van der Waals surface area contributed by atoms with Crippen molar-refractivity contribution >= 4 is 39.3 Å². The number of amides is 3. The second-order valence-electron chi connectivity index (χ2n) is 13.5. The Morgan fingerprint density at radius 3 is 2.35 bits per heavy atom. The van der Waals surface area contributed by atoms with Crippen molar-refractivity contribution in [2.75, 3.05) is 44.6 Å². The number of halogens is 1. The minimum atomic E-state index is -1.13. The molecule has 4 aliphatic heterocycles. The molecule has 9 nitrogen and oxygen atoms in total. The van der Waals surface area contributed by atoms with Crippen LogP contribution < -0.4 is 10.6 Å². The van der Waals surface area contributed by atoms with Gasteiger partial charge >= 0.3 is 0 Å². The number of piperazine rings is 1. The molecule has 10 heteroatoms. The first-order valence-electron chi connectivity index (χ1n) is 16.9. The predicted molar refractivity (Wildman–Crippen MR) is 180 cm³/mol. The molecule has 0 unspecified atom stereocenters. The molecule has 7 rings (SSSR count). The molecule has 1 spiro atoms. The Bertz CT molecular complexity index is 1440. The van der Waals surface area contributed by atoms with Crippen LogP contribution in [0.15, 0.2) is 71.2 Å². The number of rotatable bonds is 10. The molecule has 46 heavy (non-hydrogen) atoms. The van der Waals surface area contributed by atoms with E-state index in [0.29, 0.717) is 12.2 Å². The molecular formula is C36H44BrN5O4. The van der Waals surface area contributed by atoms with Gasteiger partial charge in [-0.3, -0.25) is 19.3 Å². The van der Waals surface area contributed by atoms with E-state index < -0.39 is 29.6 Å². The van der Waals surface area contributed by atoms with E-state index in [0.717, 1.165) is 75.8 Å². The second kappa shape index (κ2) is 13.6. The van der Waals surface area contributed by atoms with Crippen molar-refractivity contribution in [3.05, 3.63) is 76.8 Å². The van der Waals surface area contributed by atoms with Crippen molar-refractivity contribution in [1.82, 2.24) is 20.0 Å². The molecule has 5 aliphatic rings. The average molecular weight is 691 g/mol. The standard InChI is InChI=1S/C36H44BrN5O4/c37-26-12-14-28(15-13-26)38-33(43)30-29-16-17-36(46-29)31(30)35(45)42(32(36)34(44)39-27-10-5-2-6-11-27)19-7-18-40-20-22-41(23-21-40)24-25-8-3-1-4-9-25/h1,3-4,8-9,12-17,27,29-32H,2,5-7,10-11,18-24H2,(H,38,43)(H,39,44)/t29-,30-,31-,32+,36-/m0/s1. The zero-order valence-corrected chi connectivity index (χ0v) is 27.9. The van der Waals surface area contributed by atoms with Crippen LogP contribution in [0.25, 0.3) is 0 Å². The number of carbonyl (C=O) groups excluding carboxylic acids is 3. The van der Waals surface area contributed by atoms with Crippen LogP contribution in [0.4, 0.5) is 5.69 Å². The number of carbonyl (C=O) groups is 3. The molecule has 2 N–H and O–H groups in total. The third kappa shape index (κ3) is 6.29. The Morgan fingerprint density at radius 2 is 1.61 bits per heavy atom. The van der Waals surface area contributed by atoms with E-state index in [2.05, 4.69) is 66.7 Å². The SMILES string of the molecule is O=C(Nc1ccc(Br)cc1)[C@H]1[C@@H]2C=C[C@]3(O2)[C@@H]1C(=O)N(CCCN1CCN(Cc2ccccc2)CC1)[C@@H]3C(=O)NC1CCCCC1. The van der Waals surface area contributed by atoms with E-state index in [-0.39, 0.29) is 23.8 Å². The van der Waals surface area contributed by atoms with E-state index in [1.807, 2.05) is 36.4 Å². The number of nitrogens with one attached hydrogen (secondary N) is 2. The first-order chi connectivity index (χ1) is 22.4. The predicted octanol–water partition coefficient (Wildman–Crippen LogP) is 4.20. The van der Waals surface area contributed by atoms with Crippen molar-refractivity contribution in [2.45, 2.75) is 68.9 Å². The summed E-state index contributed by atoms with van der Waals surface area (Å²) in [7, 11) is 0. The minimum absolute atomic E-state index is 0.111. The lowest BCUT2D eigenvalue weighted by Crippen LogP contribution is -2.56. The first-order valence-corrected chi connectivity index (χ1v) is 17.7. The fraction of sp³-hybridized carbons (Fsp3) is 0.528. The Hall–Kier alpha value is -3.05. The third-order valence-electron chi connectivity index (χ3n) is 10.6. The Morgan fingerprint density at radius 1 is 0.891 bits per heavy atom. The molecule has 2 aromatic carbocycles. The average Bonchev–Trinajstić information content (AvgIpc) is 3.71. The molecule has 1 aliphatic carbocycles. The van der Waals surface area contributed by atoms with Gasteiger partial charge in [0.15, 0.2) is 0 Å². The van der Waals surface area contributed by atoms with Crippen molar-refractivity contribution in [2.24, 2.45) is 11.8 Å². The van der Waals surface area contributed by atoms with Gasteiger partial charge in [0.2, 0.25) is 17.7 Å². The topological polar surface area (TPSA) is 94.2 Å². The summed E-state index contributed by atoms with van der Waals surface area (Å²) in [6.45, 7) is 6.23. The summed E-state index contributed by atoms with van der Waals surface area (Å²) < 4.78 is 7.45. The molecule has 2 aromatic rings. The lowest BCUT2D eigenvalue weighted by molar-refractivity contribution is -0.141. The van der Waals surface area contributed by atoms with Gasteiger partial charge in [0, 0.05) is 55.5 Å².